The van der Waals surface area contributed by atoms with Crippen molar-refractivity contribution in [2.45, 2.75) is 53.0 Å². The minimum atomic E-state index is -2.36. The molecule has 0 aliphatic carbocycles. The zero-order valence-electron chi connectivity index (χ0n) is 11.9. The van der Waals surface area contributed by atoms with Crippen LogP contribution in [0.25, 0.3) is 0 Å². The van der Waals surface area contributed by atoms with E-state index in [0.717, 1.165) is 12.8 Å². The maximum Gasteiger partial charge on any atom is 0.255 e. The van der Waals surface area contributed by atoms with Crippen LogP contribution in [0.1, 0.15) is 40.5 Å². The van der Waals surface area contributed by atoms with E-state index in [0.29, 0.717) is 5.96 Å². The summed E-state index contributed by atoms with van der Waals surface area (Å²) < 4.78 is 24.1. The van der Waals surface area contributed by atoms with E-state index in [9.17, 15) is 8.78 Å². The molecule has 0 aliphatic heterocycles. The van der Waals surface area contributed by atoms with Gasteiger partial charge in [0.25, 0.3) is 6.43 Å². The Morgan fingerprint density at radius 3 is 2.22 bits per heavy atom. The van der Waals surface area contributed by atoms with Crippen molar-refractivity contribution in [1.29, 1.82) is 0 Å². The van der Waals surface area contributed by atoms with E-state index in [-0.39, 0.29) is 42.0 Å². The summed E-state index contributed by atoms with van der Waals surface area (Å²) >= 11 is 0. The van der Waals surface area contributed by atoms with Crippen LogP contribution in [0.2, 0.25) is 0 Å². The second-order valence-corrected chi connectivity index (χ2v) is 5.49. The van der Waals surface area contributed by atoms with E-state index < -0.39 is 6.43 Å². The van der Waals surface area contributed by atoms with Crippen molar-refractivity contribution in [3.63, 3.8) is 0 Å². The maximum atomic E-state index is 12.0. The number of alkyl halides is 2. The van der Waals surface area contributed by atoms with Crippen LogP contribution in [0.5, 0.6) is 0 Å². The molecule has 0 aromatic rings. The Hall–Kier alpha value is -0.140. The lowest BCUT2D eigenvalue weighted by Gasteiger charge is -2.23. The Kier molecular flexibility index (Phi) is 10.9. The van der Waals surface area contributed by atoms with E-state index in [1.54, 1.807) is 7.05 Å². The highest BCUT2D eigenvalue weighted by molar-refractivity contribution is 14.0. The van der Waals surface area contributed by atoms with E-state index >= 15 is 0 Å². The Morgan fingerprint density at radius 2 is 1.83 bits per heavy atom. The molecule has 0 aromatic heterocycles. The zero-order valence-corrected chi connectivity index (χ0v) is 14.2. The van der Waals surface area contributed by atoms with Gasteiger partial charge in [-0.15, -0.1) is 24.0 Å². The van der Waals surface area contributed by atoms with Gasteiger partial charge in [-0.2, -0.15) is 0 Å². The first-order valence-electron chi connectivity index (χ1n) is 6.00. The first-order chi connectivity index (χ1) is 7.74. The third kappa shape index (κ3) is 12.3. The molecule has 0 aromatic carbocycles. The van der Waals surface area contributed by atoms with Gasteiger partial charge < -0.3 is 10.6 Å². The second kappa shape index (κ2) is 9.75. The molecule has 0 saturated carbocycles. The van der Waals surface area contributed by atoms with Crippen LogP contribution < -0.4 is 10.6 Å². The third-order valence-corrected chi connectivity index (χ3v) is 2.36. The lowest BCUT2D eigenvalue weighted by Crippen LogP contribution is -2.44. The molecule has 0 bridgehead atoms. The quantitative estimate of drug-likeness (QED) is 0.439. The molecule has 18 heavy (non-hydrogen) atoms. The third-order valence-electron chi connectivity index (χ3n) is 2.36. The average Bonchev–Trinajstić information content (AvgIpc) is 2.20. The number of aliphatic imine (C=N–C) groups is 1. The topological polar surface area (TPSA) is 36.4 Å². The van der Waals surface area contributed by atoms with Crippen molar-refractivity contribution in [3.05, 3.63) is 0 Å². The van der Waals surface area contributed by atoms with Gasteiger partial charge >= 0.3 is 0 Å². The SMILES string of the molecule is CN=C(NCC(F)F)NC(C)CCC(C)(C)C.I. The van der Waals surface area contributed by atoms with Crippen molar-refractivity contribution in [2.75, 3.05) is 13.6 Å². The molecule has 2 N–H and O–H groups in total. The highest BCUT2D eigenvalue weighted by atomic mass is 127. The number of rotatable bonds is 5. The monoisotopic (exact) mass is 377 g/mol. The van der Waals surface area contributed by atoms with Crippen LogP contribution in [0.4, 0.5) is 8.78 Å². The number of nitrogens with zero attached hydrogens (tertiary/aromatic N) is 1. The largest absolute Gasteiger partial charge is 0.354 e. The van der Waals surface area contributed by atoms with Gasteiger partial charge in [0.1, 0.15) is 0 Å². The summed E-state index contributed by atoms with van der Waals surface area (Å²) in [6.45, 7) is 8.21. The summed E-state index contributed by atoms with van der Waals surface area (Å²) in [5.41, 5.74) is 0.288. The van der Waals surface area contributed by atoms with Crippen molar-refractivity contribution < 1.29 is 8.78 Å². The predicted octanol–water partition coefficient (Wildman–Crippen LogP) is 3.25. The lowest BCUT2D eigenvalue weighted by molar-refractivity contribution is 0.152. The molecular formula is C12H26F2IN3. The Bertz CT molecular complexity index is 240. The molecule has 0 radical (unpaired) electrons. The summed E-state index contributed by atoms with van der Waals surface area (Å²) in [4.78, 5) is 3.91. The summed E-state index contributed by atoms with van der Waals surface area (Å²) in [6.07, 6.45) is -0.301. The smallest absolute Gasteiger partial charge is 0.255 e. The van der Waals surface area contributed by atoms with Gasteiger partial charge in [-0.25, -0.2) is 8.78 Å². The molecule has 3 nitrogen and oxygen atoms in total. The highest BCUT2D eigenvalue weighted by Crippen LogP contribution is 2.21. The fourth-order valence-electron chi connectivity index (χ4n) is 1.32. The van der Waals surface area contributed by atoms with Crippen molar-refractivity contribution in [2.24, 2.45) is 10.4 Å². The average molecular weight is 377 g/mol. The normalized spacial score (nSPS) is 14.1. The molecular weight excluding hydrogens is 351 g/mol. The van der Waals surface area contributed by atoms with Gasteiger partial charge in [0.15, 0.2) is 5.96 Å². The molecule has 0 aliphatic rings. The van der Waals surface area contributed by atoms with Gasteiger partial charge in [-0.05, 0) is 25.2 Å². The van der Waals surface area contributed by atoms with Gasteiger partial charge in [0, 0.05) is 13.1 Å². The van der Waals surface area contributed by atoms with Crippen LogP contribution in [0.15, 0.2) is 4.99 Å². The molecule has 0 saturated heterocycles. The summed E-state index contributed by atoms with van der Waals surface area (Å²) in [5.74, 6) is 0.437. The molecule has 0 fully saturated rings. The van der Waals surface area contributed by atoms with E-state index in [2.05, 4.69) is 36.4 Å². The first-order valence-corrected chi connectivity index (χ1v) is 6.00. The highest BCUT2D eigenvalue weighted by Gasteiger charge is 2.13. The number of hydrogen-bond acceptors (Lipinski definition) is 1. The van der Waals surface area contributed by atoms with Gasteiger partial charge in [-0.3, -0.25) is 4.99 Å². The van der Waals surface area contributed by atoms with Gasteiger partial charge in [0.2, 0.25) is 0 Å². The van der Waals surface area contributed by atoms with Crippen molar-refractivity contribution in [1.82, 2.24) is 10.6 Å². The number of guanidine groups is 1. The fourth-order valence-corrected chi connectivity index (χ4v) is 1.32. The Balaban J connectivity index is 0. The summed E-state index contributed by atoms with van der Waals surface area (Å²) in [7, 11) is 1.58. The number of hydrogen-bond donors (Lipinski definition) is 2. The van der Waals surface area contributed by atoms with Crippen LogP contribution >= 0.6 is 24.0 Å². The summed E-state index contributed by atoms with van der Waals surface area (Å²) in [5, 5.41) is 5.69. The van der Waals surface area contributed by atoms with Crippen LogP contribution in [-0.4, -0.2) is 32.0 Å². The molecule has 0 rings (SSSR count). The standard InChI is InChI=1S/C12H25F2N3.HI/c1-9(6-7-12(2,3)4)17-11(15-5)16-8-10(13)14;/h9-10H,6-8H2,1-5H3,(H2,15,16,17);1H. The first kappa shape index (κ1) is 20.2. The van der Waals surface area contributed by atoms with Crippen LogP contribution in [0, 0.1) is 5.41 Å². The minimum Gasteiger partial charge on any atom is -0.354 e. The molecule has 6 heteroatoms. The Morgan fingerprint density at radius 1 is 1.28 bits per heavy atom. The molecule has 0 amide bonds. The second-order valence-electron chi connectivity index (χ2n) is 5.49. The van der Waals surface area contributed by atoms with Crippen LogP contribution in [0.3, 0.4) is 0 Å². The Labute approximate surface area is 126 Å². The number of halogens is 3. The van der Waals surface area contributed by atoms with Gasteiger partial charge in [0.05, 0.1) is 6.54 Å². The lowest BCUT2D eigenvalue weighted by atomic mass is 9.89. The number of nitrogens with one attached hydrogen (secondary N) is 2. The molecule has 0 heterocycles. The molecule has 110 valence electrons. The van der Waals surface area contributed by atoms with E-state index in [1.165, 1.54) is 0 Å². The van der Waals surface area contributed by atoms with E-state index in [4.69, 9.17) is 0 Å². The predicted molar refractivity (Wildman–Crippen MR) is 84.1 cm³/mol. The minimum absolute atomic E-state index is 0. The van der Waals surface area contributed by atoms with Crippen molar-refractivity contribution >= 4 is 29.9 Å². The maximum absolute atomic E-state index is 12.0. The van der Waals surface area contributed by atoms with Crippen molar-refractivity contribution in [3.8, 4) is 0 Å². The molecule has 1 atom stereocenters. The molecule has 0 spiro atoms. The van der Waals surface area contributed by atoms with Gasteiger partial charge in [-0.1, -0.05) is 20.8 Å². The zero-order chi connectivity index (χ0) is 13.5. The van der Waals surface area contributed by atoms with E-state index in [1.807, 2.05) is 6.92 Å². The fraction of sp³-hybridized carbons (Fsp3) is 0.917. The molecule has 1 unspecified atom stereocenters. The summed E-state index contributed by atoms with van der Waals surface area (Å²) in [6, 6.07) is 0.220. The van der Waals surface area contributed by atoms with Crippen LogP contribution in [-0.2, 0) is 0 Å².